The van der Waals surface area contributed by atoms with Crippen LogP contribution >= 0.6 is 23.2 Å². The highest BCUT2D eigenvalue weighted by Crippen LogP contribution is 2.26. The summed E-state index contributed by atoms with van der Waals surface area (Å²) in [7, 11) is 7.78. The molecule has 0 unspecified atom stereocenters. The lowest BCUT2D eigenvalue weighted by Crippen LogP contribution is -2.44. The highest BCUT2D eigenvalue weighted by molar-refractivity contribution is 6.31. The molecule has 16 N–H and O–H groups in total. The van der Waals surface area contributed by atoms with E-state index in [0.717, 1.165) is 129 Å². The number of aliphatic hydroxyl groups is 1. The summed E-state index contributed by atoms with van der Waals surface area (Å²) in [5, 5.41) is 18.7. The van der Waals surface area contributed by atoms with E-state index in [1.165, 1.54) is 245 Å². The number of furan rings is 1. The zero-order valence-electron chi connectivity index (χ0n) is 93.8. The summed E-state index contributed by atoms with van der Waals surface area (Å²) in [6.45, 7) is 53.2. The fraction of sp³-hybridized carbons (Fsp3) is 0.653. The number of aryl methyl sites for hydroxylation is 4. The van der Waals surface area contributed by atoms with Gasteiger partial charge in [-0.3, -0.25) is 9.59 Å². The van der Waals surface area contributed by atoms with Crippen LogP contribution in [-0.2, 0) is 53.0 Å². The minimum Gasteiger partial charge on any atom is -0.481 e. The van der Waals surface area contributed by atoms with Crippen LogP contribution in [0.25, 0.3) is 11.1 Å². The number of hydrogen-bond donors (Lipinski definition) is 9. The number of aliphatic carboxylic acids is 1. The highest BCUT2D eigenvalue weighted by Gasteiger charge is 2.17. The molecule has 19 heteroatoms. The number of esters is 1. The van der Waals surface area contributed by atoms with E-state index in [9.17, 15) is 14.0 Å². The zero-order valence-corrected chi connectivity index (χ0v) is 95.3. The molecule has 3 aliphatic carbocycles. The smallest absolute Gasteiger partial charge is 0.305 e. The fourth-order valence-corrected chi connectivity index (χ4v) is 14.0. The first-order valence-electron chi connectivity index (χ1n) is 54.5. The van der Waals surface area contributed by atoms with Gasteiger partial charge in [-0.1, -0.05) is 364 Å². The molecule has 4 fully saturated rings. The molecule has 1 aromatic heterocycles. The van der Waals surface area contributed by atoms with E-state index in [1.54, 1.807) is 18.4 Å². The number of aliphatic hydroxyl groups excluding tert-OH is 1. The zero-order chi connectivity index (χ0) is 107. The van der Waals surface area contributed by atoms with Gasteiger partial charge in [0.15, 0.2) is 0 Å². The van der Waals surface area contributed by atoms with Crippen LogP contribution in [0.5, 0.6) is 0 Å². The van der Waals surface area contributed by atoms with Crippen molar-refractivity contribution in [3.8, 4) is 11.1 Å². The number of unbranched alkanes of at least 4 members (excludes halogenated alkanes) is 3. The number of carbonyl (C=O) groups excluding carboxylic acids is 1. The number of halogens is 3. The number of nitrogens with two attached hydrogens (primary N) is 7. The molecule has 0 atom stereocenters. The molecule has 16 nitrogen and oxygen atoms in total. The van der Waals surface area contributed by atoms with Crippen LogP contribution in [-0.4, -0.2) is 149 Å². The van der Waals surface area contributed by atoms with E-state index in [-0.39, 0.29) is 17.9 Å². The Morgan fingerprint density at radius 2 is 0.979 bits per heavy atom. The lowest BCUT2D eigenvalue weighted by molar-refractivity contribution is -0.140. The summed E-state index contributed by atoms with van der Waals surface area (Å²) in [5.74, 6) is 5.09. The maximum Gasteiger partial charge on any atom is 0.305 e. The van der Waals surface area contributed by atoms with Gasteiger partial charge in [0.1, 0.15) is 11.6 Å². The Morgan fingerprint density at radius 3 is 1.32 bits per heavy atom. The first kappa shape index (κ1) is 144. The average Bonchev–Trinajstić information content (AvgIpc) is 1.00. The molecule has 0 spiro atoms. The van der Waals surface area contributed by atoms with Gasteiger partial charge in [-0.25, -0.2) is 4.39 Å². The van der Waals surface area contributed by atoms with Crippen LogP contribution < -0.4 is 40.1 Å². The van der Waals surface area contributed by atoms with Crippen LogP contribution in [0.2, 0.25) is 10.0 Å². The Morgan fingerprint density at radius 1 is 0.500 bits per heavy atom. The van der Waals surface area contributed by atoms with Crippen molar-refractivity contribution < 1.29 is 33.3 Å². The van der Waals surface area contributed by atoms with Crippen molar-refractivity contribution >= 4 is 35.1 Å². The number of ether oxygens (including phenoxy) is 1. The summed E-state index contributed by atoms with van der Waals surface area (Å²) < 4.78 is 21.9. The van der Waals surface area contributed by atoms with Crippen molar-refractivity contribution in [1.82, 2.24) is 14.7 Å². The second-order valence-electron chi connectivity index (χ2n) is 38.4. The number of benzene rings is 6. The van der Waals surface area contributed by atoms with Crippen LogP contribution in [0.15, 0.2) is 174 Å². The average molecular weight is 2000 g/mol. The Balaban J connectivity index is -0.000000343. The van der Waals surface area contributed by atoms with E-state index in [4.69, 9.17) is 78.0 Å². The quantitative estimate of drug-likeness (QED) is 0.0115. The molecule has 7 aromatic rings. The summed E-state index contributed by atoms with van der Waals surface area (Å²) in [4.78, 5) is 26.9. The van der Waals surface area contributed by atoms with Gasteiger partial charge < -0.3 is 74.2 Å². The largest absolute Gasteiger partial charge is 0.481 e. The number of rotatable bonds is 30. The number of carbonyl (C=O) groups is 2. The van der Waals surface area contributed by atoms with Gasteiger partial charge in [-0.05, 0) is 320 Å². The normalized spacial score (nSPS) is 15.0. The first-order valence-corrected chi connectivity index (χ1v) is 55.3. The molecule has 140 heavy (non-hydrogen) atoms. The third-order valence-electron chi connectivity index (χ3n) is 23.6. The van der Waals surface area contributed by atoms with Gasteiger partial charge in [0, 0.05) is 55.1 Å². The summed E-state index contributed by atoms with van der Waals surface area (Å²) >= 11 is 11.6. The highest BCUT2D eigenvalue weighted by atomic mass is 35.5. The molecule has 11 rings (SSSR count). The minimum absolute atomic E-state index is 0.0196. The maximum absolute atomic E-state index is 12.7. The molecule has 2 heterocycles. The van der Waals surface area contributed by atoms with Gasteiger partial charge in [0.2, 0.25) is 0 Å². The third kappa shape index (κ3) is 99.0. The number of likely N-dealkylation sites (N-methyl/N-ethyl adjacent to an activating group) is 1. The van der Waals surface area contributed by atoms with E-state index in [1.807, 2.05) is 68.4 Å². The van der Waals surface area contributed by atoms with Crippen LogP contribution in [0.3, 0.4) is 0 Å². The Bertz CT molecular complexity index is 3490. The summed E-state index contributed by atoms with van der Waals surface area (Å²) in [6.07, 6.45) is 43.7. The molecule has 808 valence electrons. The molecule has 3 saturated carbocycles. The summed E-state index contributed by atoms with van der Waals surface area (Å²) in [5.41, 5.74) is 47.8. The topological polar surface area (TPSA) is 289 Å². The maximum atomic E-state index is 12.7. The molecule has 1 saturated heterocycles. The lowest BCUT2D eigenvalue weighted by atomic mass is 9.88. The Hall–Kier alpha value is -6.39. The van der Waals surface area contributed by atoms with E-state index in [0.29, 0.717) is 50.5 Å². The van der Waals surface area contributed by atoms with Crippen molar-refractivity contribution in [2.45, 2.75) is 381 Å². The molecule has 4 aliphatic rings. The van der Waals surface area contributed by atoms with Crippen molar-refractivity contribution in [2.75, 3.05) is 100 Å². The fourth-order valence-electron chi connectivity index (χ4n) is 13.6. The second-order valence-corrected chi connectivity index (χ2v) is 39.3. The second kappa shape index (κ2) is 107. The predicted molar refractivity (Wildman–Crippen MR) is 615 cm³/mol. The van der Waals surface area contributed by atoms with Crippen LogP contribution in [0.4, 0.5) is 4.39 Å². The Kier molecular flexibility index (Phi) is 110. The van der Waals surface area contributed by atoms with Crippen molar-refractivity contribution in [2.24, 2.45) is 75.6 Å². The van der Waals surface area contributed by atoms with E-state index >= 15 is 0 Å². The number of carboxylic acids is 1. The molecule has 0 bridgehead atoms. The minimum atomic E-state index is -0.711. The number of carboxylic acid groups (broad SMARTS) is 1. The van der Waals surface area contributed by atoms with E-state index in [2.05, 4.69) is 249 Å². The molecule has 0 radical (unpaired) electrons. The molecule has 1 aliphatic heterocycles. The van der Waals surface area contributed by atoms with Gasteiger partial charge in [-0.2, -0.15) is 0 Å². The number of nitrogens with zero attached hydrogens (tertiary/aromatic N) is 3. The molecular formula is C121H217Cl2FN10O6. The third-order valence-corrected chi connectivity index (χ3v) is 24.2. The number of hydrogen-bond acceptors (Lipinski definition) is 15. The van der Waals surface area contributed by atoms with Gasteiger partial charge in [0.05, 0.1) is 26.0 Å². The number of piperazine rings is 1. The van der Waals surface area contributed by atoms with Crippen molar-refractivity contribution in [3.05, 3.63) is 225 Å². The Labute approximate surface area is 871 Å². The monoisotopic (exact) mass is 2000 g/mol. The lowest BCUT2D eigenvalue weighted by Gasteiger charge is -2.32. The summed E-state index contributed by atoms with van der Waals surface area (Å²) in [6, 6.07) is 54.5. The van der Waals surface area contributed by atoms with Crippen LogP contribution in [0, 0.1) is 48.2 Å². The number of methoxy groups -OCH3 is 1. The van der Waals surface area contributed by atoms with Gasteiger partial charge in [-0.15, -0.1) is 0 Å². The SMILES string of the molecule is CC(C)CCN.CC1CCC(N)CC1.CC1CCC(O)CC1.CCC(C)C.CCC(C)CC.CCCC(=O)O.CCCC(=O)OC.CCCCCN.CCCCN1CCN(C)CC1.CCCN(C)C.CCCc1ccc(C)cc1.CCCc1ccc(Cl)cc1.CCCc1ccccc1Cl.NCC1CCCCCC1.NCCc1ccccc1-c1ccccc1.NCCc1ccccc1F.NCc1ccco1. The first-order chi connectivity index (χ1) is 67.1. The molecule has 0 amide bonds. The van der Waals surface area contributed by atoms with E-state index < -0.39 is 5.97 Å². The molecule has 6 aromatic carbocycles. The predicted octanol–water partition coefficient (Wildman–Crippen LogP) is 29.9. The molecular weight excluding hydrogens is 1780 g/mol. The van der Waals surface area contributed by atoms with Crippen LogP contribution in [0.1, 0.15) is 363 Å². The van der Waals surface area contributed by atoms with Crippen molar-refractivity contribution in [3.63, 3.8) is 0 Å². The van der Waals surface area contributed by atoms with Gasteiger partial charge >= 0.3 is 11.9 Å². The van der Waals surface area contributed by atoms with Crippen molar-refractivity contribution in [1.29, 1.82) is 0 Å². The van der Waals surface area contributed by atoms with Gasteiger partial charge in [0.25, 0.3) is 0 Å². The standard InChI is InChI=1S/C14H15N.C10H14.2C9H11Cl.C9H20N2.C8H10FN.C8H17N.C7H15N.C7H14O.C6H14.C5H7NO.3C5H13N.C5H10O2.C5H12.C4H8O2/c15-11-10-13-8-4-5-9-14(13)12-6-2-1-3-7-12;1-3-4-10-7-5-9(2)6-8-10;1-2-5-8-6-3-4-7-9(8)10;1-2-3-8-4-6-9(10)7-5-8;1-3-4-5-11-8-6-10(2)7-9-11;9-8-4-2-1-3-7(8)5-6-10;9-7-8-5-3-1-2-4-6-8;2*1-6-2-4-7(8)5-3-6;1-4-6(3)5-2;6-4-5-2-1-3-7-5;1-5(2)3-4-6;1-4-5-6(2)3;1-2-3-4-5-6;1-3-4-5(6)7-2;1-4-5(2)3;1-2-3-4(5)6/h1-9H,10-11,15H2;5-8H,3-4H2,1-2H3;3-4,6-7H,2,5H2,1H3;4-7H,2-3H2,1H3;3-9H2,1-2H3;1-4H,5-6,10H2;8H,1-7,9H2;6-7H,2-5,8H2,1H3;6-8H,2-5H2,1H3;6H,4-5H2,1-3H3;1-3H,4,6H2;5H,3-4,6H2,1-2H3;4-5H2,1-3H3;2-6H2,1H3;3-4H2,1-2H3;5H,4H2,1-3H3;2-3H2,1H3,(H,5,6).